The highest BCUT2D eigenvalue weighted by molar-refractivity contribution is 5.41. The van der Waals surface area contributed by atoms with E-state index in [0.717, 1.165) is 17.1 Å². The van der Waals surface area contributed by atoms with E-state index in [-0.39, 0.29) is 6.61 Å². The third-order valence-corrected chi connectivity index (χ3v) is 4.37. The Kier molecular flexibility index (Phi) is 4.06. The number of rotatable bonds is 3. The molecule has 0 aliphatic heterocycles. The number of hydrogen-bond acceptors (Lipinski definition) is 3. The van der Waals surface area contributed by atoms with Crippen molar-refractivity contribution in [2.75, 3.05) is 0 Å². The van der Waals surface area contributed by atoms with Gasteiger partial charge in [-0.05, 0) is 49.9 Å². The van der Waals surface area contributed by atoms with Crippen molar-refractivity contribution in [1.82, 2.24) is 15.0 Å². The van der Waals surface area contributed by atoms with E-state index in [1.165, 1.54) is 43.2 Å². The molecule has 1 saturated carbocycles. The quantitative estimate of drug-likeness (QED) is 0.940. The summed E-state index contributed by atoms with van der Waals surface area (Å²) in [6.07, 6.45) is 6.17. The standard InChI is InChI=1S/C17H23N3O/c1-12-8-13(2)10-15(9-12)20-17(16(11-21)18-19-20)14-6-4-3-5-7-14/h8-10,14,21H,3-7,11H2,1-2H3. The maximum atomic E-state index is 9.60. The van der Waals surface area contributed by atoms with Gasteiger partial charge in [-0.2, -0.15) is 0 Å². The molecule has 1 fully saturated rings. The highest BCUT2D eigenvalue weighted by atomic mass is 16.3. The zero-order chi connectivity index (χ0) is 14.8. The lowest BCUT2D eigenvalue weighted by Crippen LogP contribution is -2.13. The molecule has 2 aromatic rings. The summed E-state index contributed by atoms with van der Waals surface area (Å²) in [6, 6.07) is 6.43. The molecule has 4 nitrogen and oxygen atoms in total. The molecule has 0 amide bonds. The largest absolute Gasteiger partial charge is 0.390 e. The third kappa shape index (κ3) is 2.86. The van der Waals surface area contributed by atoms with Crippen molar-refractivity contribution in [2.45, 2.75) is 58.5 Å². The summed E-state index contributed by atoms with van der Waals surface area (Å²) in [5.41, 5.74) is 5.35. The second-order valence-electron chi connectivity index (χ2n) is 6.17. The Morgan fingerprint density at radius 2 is 1.76 bits per heavy atom. The molecule has 112 valence electrons. The summed E-state index contributed by atoms with van der Waals surface area (Å²) in [7, 11) is 0. The molecule has 0 spiro atoms. The highest BCUT2D eigenvalue weighted by Gasteiger charge is 2.24. The van der Waals surface area contributed by atoms with Gasteiger partial charge in [0, 0.05) is 5.92 Å². The number of aromatic nitrogens is 3. The molecule has 0 radical (unpaired) electrons. The van der Waals surface area contributed by atoms with Gasteiger partial charge in [0.15, 0.2) is 0 Å². The second-order valence-corrected chi connectivity index (χ2v) is 6.17. The van der Waals surface area contributed by atoms with Crippen LogP contribution in [0.15, 0.2) is 18.2 Å². The highest BCUT2D eigenvalue weighted by Crippen LogP contribution is 2.35. The van der Waals surface area contributed by atoms with Crippen LogP contribution in [0.25, 0.3) is 5.69 Å². The number of nitrogens with zero attached hydrogens (tertiary/aromatic N) is 3. The topological polar surface area (TPSA) is 50.9 Å². The smallest absolute Gasteiger partial charge is 0.112 e. The van der Waals surface area contributed by atoms with Crippen LogP contribution in [-0.4, -0.2) is 20.1 Å². The molecule has 0 saturated heterocycles. The molecule has 1 aliphatic carbocycles. The first-order valence-electron chi connectivity index (χ1n) is 7.83. The number of hydrogen-bond donors (Lipinski definition) is 1. The van der Waals surface area contributed by atoms with E-state index in [1.54, 1.807) is 0 Å². The van der Waals surface area contributed by atoms with Crippen LogP contribution in [0.3, 0.4) is 0 Å². The van der Waals surface area contributed by atoms with Crippen LogP contribution in [0.1, 0.15) is 60.5 Å². The van der Waals surface area contributed by atoms with E-state index in [2.05, 4.69) is 42.4 Å². The van der Waals surface area contributed by atoms with Crippen LogP contribution in [0.5, 0.6) is 0 Å². The first-order chi connectivity index (χ1) is 10.2. The van der Waals surface area contributed by atoms with Crippen molar-refractivity contribution in [3.8, 4) is 5.69 Å². The minimum atomic E-state index is -0.0311. The van der Waals surface area contributed by atoms with E-state index in [9.17, 15) is 5.11 Å². The zero-order valence-electron chi connectivity index (χ0n) is 12.8. The van der Waals surface area contributed by atoms with Crippen molar-refractivity contribution in [3.63, 3.8) is 0 Å². The molecule has 0 bridgehead atoms. The average molecular weight is 285 g/mol. The second kappa shape index (κ2) is 5.98. The lowest BCUT2D eigenvalue weighted by atomic mass is 9.86. The molecule has 0 atom stereocenters. The third-order valence-electron chi connectivity index (χ3n) is 4.37. The van der Waals surface area contributed by atoms with Gasteiger partial charge in [-0.1, -0.05) is 30.5 Å². The molecule has 1 N–H and O–H groups in total. The summed E-state index contributed by atoms with van der Waals surface area (Å²) in [5.74, 6) is 0.469. The Balaban J connectivity index is 2.07. The number of aliphatic hydroxyl groups excluding tert-OH is 1. The maximum Gasteiger partial charge on any atom is 0.112 e. The molecule has 4 heteroatoms. The van der Waals surface area contributed by atoms with Gasteiger partial charge in [-0.15, -0.1) is 5.10 Å². The Morgan fingerprint density at radius 1 is 1.10 bits per heavy atom. The van der Waals surface area contributed by atoms with Crippen molar-refractivity contribution in [1.29, 1.82) is 0 Å². The normalized spacial score (nSPS) is 16.3. The SMILES string of the molecule is Cc1cc(C)cc(-n2nnc(CO)c2C2CCCCC2)c1. The molecule has 1 aromatic heterocycles. The van der Waals surface area contributed by atoms with E-state index in [4.69, 9.17) is 0 Å². The predicted molar refractivity (Wildman–Crippen MR) is 82.6 cm³/mol. The van der Waals surface area contributed by atoms with Gasteiger partial charge in [-0.3, -0.25) is 0 Å². The van der Waals surface area contributed by atoms with Crippen molar-refractivity contribution >= 4 is 0 Å². The van der Waals surface area contributed by atoms with Gasteiger partial charge >= 0.3 is 0 Å². The monoisotopic (exact) mass is 285 g/mol. The lowest BCUT2D eigenvalue weighted by Gasteiger charge is -2.23. The van der Waals surface area contributed by atoms with Crippen LogP contribution >= 0.6 is 0 Å². The summed E-state index contributed by atoms with van der Waals surface area (Å²) >= 11 is 0. The zero-order valence-corrected chi connectivity index (χ0v) is 12.8. The van der Waals surface area contributed by atoms with Crippen LogP contribution in [-0.2, 0) is 6.61 Å². The minimum absolute atomic E-state index is 0.0311. The molecule has 0 unspecified atom stereocenters. The Labute approximate surface area is 125 Å². The first-order valence-corrected chi connectivity index (χ1v) is 7.83. The summed E-state index contributed by atoms with van der Waals surface area (Å²) in [4.78, 5) is 0. The fraction of sp³-hybridized carbons (Fsp3) is 0.529. The summed E-state index contributed by atoms with van der Waals surface area (Å²) in [5, 5.41) is 18.1. The molecule has 1 aromatic carbocycles. The molecular formula is C17H23N3O. The van der Waals surface area contributed by atoms with Crippen molar-refractivity contribution in [3.05, 3.63) is 40.7 Å². The lowest BCUT2D eigenvalue weighted by molar-refractivity contribution is 0.273. The fourth-order valence-corrected chi connectivity index (χ4v) is 3.48. The Bertz CT molecular complexity index is 607. The van der Waals surface area contributed by atoms with Gasteiger partial charge in [0.25, 0.3) is 0 Å². The number of aryl methyl sites for hydroxylation is 2. The van der Waals surface area contributed by atoms with Crippen LogP contribution in [0.2, 0.25) is 0 Å². The van der Waals surface area contributed by atoms with Gasteiger partial charge in [-0.25, -0.2) is 4.68 Å². The molecule has 3 rings (SSSR count). The van der Waals surface area contributed by atoms with E-state index < -0.39 is 0 Å². The van der Waals surface area contributed by atoms with Gasteiger partial charge < -0.3 is 5.11 Å². The molecule has 1 heterocycles. The Hall–Kier alpha value is -1.68. The van der Waals surface area contributed by atoms with E-state index in [0.29, 0.717) is 5.92 Å². The van der Waals surface area contributed by atoms with Crippen molar-refractivity contribution in [2.24, 2.45) is 0 Å². The number of benzene rings is 1. The van der Waals surface area contributed by atoms with Crippen LogP contribution in [0.4, 0.5) is 0 Å². The molecular weight excluding hydrogens is 262 g/mol. The first kappa shape index (κ1) is 14.3. The summed E-state index contributed by atoms with van der Waals surface area (Å²) in [6.45, 7) is 4.16. The molecule has 21 heavy (non-hydrogen) atoms. The fourth-order valence-electron chi connectivity index (χ4n) is 3.48. The Morgan fingerprint density at radius 3 is 2.38 bits per heavy atom. The maximum absolute atomic E-state index is 9.60. The van der Waals surface area contributed by atoms with Crippen LogP contribution in [0, 0.1) is 13.8 Å². The predicted octanol–water partition coefficient (Wildman–Crippen LogP) is 3.42. The van der Waals surface area contributed by atoms with Crippen molar-refractivity contribution < 1.29 is 5.11 Å². The van der Waals surface area contributed by atoms with E-state index >= 15 is 0 Å². The summed E-state index contributed by atoms with van der Waals surface area (Å²) < 4.78 is 1.95. The van der Waals surface area contributed by atoms with Gasteiger partial charge in [0.1, 0.15) is 5.69 Å². The van der Waals surface area contributed by atoms with Gasteiger partial charge in [0.2, 0.25) is 0 Å². The number of aliphatic hydroxyl groups is 1. The van der Waals surface area contributed by atoms with Crippen LogP contribution < -0.4 is 0 Å². The minimum Gasteiger partial charge on any atom is -0.390 e. The van der Waals surface area contributed by atoms with Gasteiger partial charge in [0.05, 0.1) is 18.0 Å². The molecule has 1 aliphatic rings. The van der Waals surface area contributed by atoms with E-state index in [1.807, 2.05) is 4.68 Å². The average Bonchev–Trinajstić information content (AvgIpc) is 2.91.